The number of hydrogen-bond donors (Lipinski definition) is 0. The van der Waals surface area contributed by atoms with E-state index in [0.717, 1.165) is 23.0 Å². The van der Waals surface area contributed by atoms with Gasteiger partial charge in [-0.2, -0.15) is 0 Å². The molecule has 2 bridgehead atoms. The minimum absolute atomic E-state index is 0.157. The molecule has 3 atom stereocenters. The molecule has 1 aromatic rings. The number of carbonyl (C=O) groups is 1. The summed E-state index contributed by atoms with van der Waals surface area (Å²) in [5, 5.41) is 0. The van der Waals surface area contributed by atoms with Crippen LogP contribution in [0.1, 0.15) is 51.5 Å². The molecule has 0 saturated carbocycles. The van der Waals surface area contributed by atoms with E-state index in [9.17, 15) is 4.79 Å². The number of fused-ring (bicyclic) bond motifs is 2. The lowest BCUT2D eigenvalue weighted by Crippen LogP contribution is -2.40. The number of amides is 1. The summed E-state index contributed by atoms with van der Waals surface area (Å²) < 4.78 is 6.58. The minimum atomic E-state index is -0.432. The maximum absolute atomic E-state index is 12.4. The Morgan fingerprint density at radius 2 is 2.14 bits per heavy atom. The summed E-state index contributed by atoms with van der Waals surface area (Å²) >= 11 is 2.22. The highest BCUT2D eigenvalue weighted by atomic mass is 127. The first-order valence-electron chi connectivity index (χ1n) is 7.48. The van der Waals surface area contributed by atoms with E-state index in [1.54, 1.807) is 0 Å². The molecule has 1 amide bonds. The second kappa shape index (κ2) is 5.41. The standard InChI is InChI=1S/C16H21IN2O2/c1-16(2,3)21-15(20)19-11-5-6-13(19)12(8-11)10-4-7-14(17)18-9-10/h4,7,9,11-13H,5-6,8H2,1-3H3. The lowest BCUT2D eigenvalue weighted by atomic mass is 9.85. The zero-order valence-electron chi connectivity index (χ0n) is 12.7. The predicted molar refractivity (Wildman–Crippen MR) is 89.2 cm³/mol. The van der Waals surface area contributed by atoms with Gasteiger partial charge in [-0.3, -0.25) is 4.98 Å². The van der Waals surface area contributed by atoms with Gasteiger partial charge in [-0.25, -0.2) is 4.79 Å². The normalized spacial score (nSPS) is 28.0. The SMILES string of the molecule is CC(C)(C)OC(=O)N1C2CCC1C(c1ccc(I)nc1)C2. The van der Waals surface area contributed by atoms with Crippen LogP contribution >= 0.6 is 22.6 Å². The molecule has 0 aromatic carbocycles. The van der Waals surface area contributed by atoms with E-state index in [0.29, 0.717) is 12.0 Å². The number of hydrogen-bond acceptors (Lipinski definition) is 3. The minimum Gasteiger partial charge on any atom is -0.444 e. The fourth-order valence-corrected chi connectivity index (χ4v) is 3.87. The summed E-state index contributed by atoms with van der Waals surface area (Å²) in [6.45, 7) is 5.76. The highest BCUT2D eigenvalue weighted by molar-refractivity contribution is 14.1. The zero-order valence-corrected chi connectivity index (χ0v) is 14.8. The van der Waals surface area contributed by atoms with Gasteiger partial charge in [0.1, 0.15) is 9.30 Å². The number of pyridine rings is 1. The topological polar surface area (TPSA) is 42.4 Å². The molecular formula is C16H21IN2O2. The second-order valence-electron chi connectivity index (χ2n) is 6.94. The largest absolute Gasteiger partial charge is 0.444 e. The van der Waals surface area contributed by atoms with Crippen LogP contribution in [0.5, 0.6) is 0 Å². The summed E-state index contributed by atoms with van der Waals surface area (Å²) in [6, 6.07) is 4.79. The number of rotatable bonds is 1. The summed E-state index contributed by atoms with van der Waals surface area (Å²) in [7, 11) is 0. The van der Waals surface area contributed by atoms with Gasteiger partial charge in [-0.15, -0.1) is 0 Å². The molecule has 1 aromatic heterocycles. The van der Waals surface area contributed by atoms with Crippen LogP contribution in [0.25, 0.3) is 0 Å². The summed E-state index contributed by atoms with van der Waals surface area (Å²) in [4.78, 5) is 18.8. The Bertz CT molecular complexity index is 538. The van der Waals surface area contributed by atoms with Crippen LogP contribution in [0.15, 0.2) is 18.3 Å². The van der Waals surface area contributed by atoms with E-state index < -0.39 is 5.60 Å². The van der Waals surface area contributed by atoms with Gasteiger partial charge in [-0.05, 0) is 74.3 Å². The third-order valence-electron chi connectivity index (χ3n) is 4.32. The molecule has 0 spiro atoms. The lowest BCUT2D eigenvalue weighted by molar-refractivity contribution is 0.0213. The molecule has 4 nitrogen and oxygen atoms in total. The van der Waals surface area contributed by atoms with Crippen molar-refractivity contribution >= 4 is 28.7 Å². The van der Waals surface area contributed by atoms with Crippen molar-refractivity contribution in [1.82, 2.24) is 9.88 Å². The molecular weight excluding hydrogens is 379 g/mol. The first-order chi connectivity index (χ1) is 9.85. The van der Waals surface area contributed by atoms with Crippen molar-refractivity contribution in [2.75, 3.05) is 0 Å². The van der Waals surface area contributed by atoms with Gasteiger partial charge in [-0.1, -0.05) is 6.07 Å². The fourth-order valence-electron chi connectivity index (χ4n) is 3.55. The molecule has 21 heavy (non-hydrogen) atoms. The molecule has 3 unspecified atom stereocenters. The molecule has 3 heterocycles. The third kappa shape index (κ3) is 3.03. The van der Waals surface area contributed by atoms with Crippen molar-refractivity contribution in [2.45, 2.75) is 63.6 Å². The molecule has 0 radical (unpaired) electrons. The van der Waals surface area contributed by atoms with Crippen molar-refractivity contribution in [3.8, 4) is 0 Å². The quantitative estimate of drug-likeness (QED) is 0.530. The zero-order chi connectivity index (χ0) is 15.2. The summed E-state index contributed by atoms with van der Waals surface area (Å²) in [6.07, 6.45) is 5.00. The van der Waals surface area contributed by atoms with Crippen LogP contribution in [0.3, 0.4) is 0 Å². The molecule has 114 valence electrons. The monoisotopic (exact) mass is 400 g/mol. The molecule has 3 rings (SSSR count). The van der Waals surface area contributed by atoms with Crippen LogP contribution in [0.4, 0.5) is 4.79 Å². The number of halogens is 1. The lowest BCUT2D eigenvalue weighted by Gasteiger charge is -2.28. The van der Waals surface area contributed by atoms with Crippen LogP contribution in [0.2, 0.25) is 0 Å². The van der Waals surface area contributed by atoms with E-state index in [1.807, 2.05) is 37.9 Å². The molecule has 2 fully saturated rings. The second-order valence-corrected chi connectivity index (χ2v) is 8.05. The Balaban J connectivity index is 1.78. The number of carbonyl (C=O) groups excluding carboxylic acids is 1. The van der Waals surface area contributed by atoms with Crippen molar-refractivity contribution in [3.63, 3.8) is 0 Å². The highest BCUT2D eigenvalue weighted by Crippen LogP contribution is 2.47. The third-order valence-corrected chi connectivity index (χ3v) is 4.96. The first-order valence-corrected chi connectivity index (χ1v) is 8.56. The summed E-state index contributed by atoms with van der Waals surface area (Å²) in [5.41, 5.74) is 0.815. The Hall–Kier alpha value is -0.850. The van der Waals surface area contributed by atoms with Crippen molar-refractivity contribution in [1.29, 1.82) is 0 Å². The first kappa shape index (κ1) is 15.1. The smallest absolute Gasteiger partial charge is 0.410 e. The van der Waals surface area contributed by atoms with Gasteiger partial charge in [0, 0.05) is 24.2 Å². The van der Waals surface area contributed by atoms with E-state index in [2.05, 4.69) is 33.6 Å². The van der Waals surface area contributed by atoms with Crippen LogP contribution in [-0.4, -0.2) is 33.7 Å². The fraction of sp³-hybridized carbons (Fsp3) is 0.625. The molecule has 2 saturated heterocycles. The van der Waals surface area contributed by atoms with Crippen molar-refractivity contribution < 1.29 is 9.53 Å². The van der Waals surface area contributed by atoms with Gasteiger partial charge < -0.3 is 9.64 Å². The molecule has 0 aliphatic carbocycles. The van der Waals surface area contributed by atoms with E-state index in [1.165, 1.54) is 5.56 Å². The molecule has 0 N–H and O–H groups in total. The number of nitrogens with zero attached hydrogens (tertiary/aromatic N) is 2. The van der Waals surface area contributed by atoms with Crippen molar-refractivity contribution in [3.05, 3.63) is 27.6 Å². The van der Waals surface area contributed by atoms with Crippen LogP contribution in [0, 0.1) is 3.70 Å². The van der Waals surface area contributed by atoms with Gasteiger partial charge >= 0.3 is 6.09 Å². The van der Waals surface area contributed by atoms with Crippen LogP contribution in [-0.2, 0) is 4.74 Å². The number of aromatic nitrogens is 1. The molecule has 5 heteroatoms. The predicted octanol–water partition coefficient (Wildman–Crippen LogP) is 3.94. The summed E-state index contributed by atoms with van der Waals surface area (Å²) in [5.74, 6) is 0.403. The average Bonchev–Trinajstić information content (AvgIpc) is 2.95. The maximum atomic E-state index is 12.4. The Morgan fingerprint density at radius 1 is 1.38 bits per heavy atom. The Kier molecular flexibility index (Phi) is 3.88. The molecule has 2 aliphatic rings. The van der Waals surface area contributed by atoms with Gasteiger partial charge in [0.2, 0.25) is 0 Å². The molecule has 2 aliphatic heterocycles. The highest BCUT2D eigenvalue weighted by Gasteiger charge is 2.50. The van der Waals surface area contributed by atoms with Crippen molar-refractivity contribution in [2.24, 2.45) is 0 Å². The van der Waals surface area contributed by atoms with E-state index >= 15 is 0 Å². The average molecular weight is 400 g/mol. The van der Waals surface area contributed by atoms with Crippen LogP contribution < -0.4 is 0 Å². The Morgan fingerprint density at radius 3 is 2.76 bits per heavy atom. The van der Waals surface area contributed by atoms with Gasteiger partial charge in [0.25, 0.3) is 0 Å². The van der Waals surface area contributed by atoms with E-state index in [-0.39, 0.29) is 12.1 Å². The maximum Gasteiger partial charge on any atom is 0.410 e. The Labute approximate surface area is 139 Å². The van der Waals surface area contributed by atoms with Gasteiger partial charge in [0.15, 0.2) is 0 Å². The van der Waals surface area contributed by atoms with E-state index in [4.69, 9.17) is 4.74 Å². The van der Waals surface area contributed by atoms with Gasteiger partial charge in [0.05, 0.1) is 0 Å². The number of ether oxygens (including phenoxy) is 1.